The average molecular weight is 387 g/mol. The van der Waals surface area contributed by atoms with E-state index in [1.54, 1.807) is 19.5 Å². The van der Waals surface area contributed by atoms with Gasteiger partial charge in [-0.3, -0.25) is 9.78 Å². The van der Waals surface area contributed by atoms with Crippen molar-refractivity contribution in [3.05, 3.63) is 68.9 Å². The number of nitrogens with one attached hydrogen (secondary N) is 1. The van der Waals surface area contributed by atoms with Crippen molar-refractivity contribution in [2.45, 2.75) is 26.1 Å². The minimum atomic E-state index is -0.382. The Balaban J connectivity index is 1.57. The largest absolute Gasteiger partial charge is 0.378 e. The monoisotopic (exact) mass is 386 g/mol. The lowest BCUT2D eigenvalue weighted by atomic mass is 10.1. The fourth-order valence-corrected chi connectivity index (χ4v) is 3.58. The van der Waals surface area contributed by atoms with E-state index in [0.29, 0.717) is 25.4 Å². The van der Waals surface area contributed by atoms with Crippen LogP contribution in [0.4, 0.5) is 5.69 Å². The fourth-order valence-electron chi connectivity index (χ4n) is 3.37. The summed E-state index contributed by atoms with van der Waals surface area (Å²) in [6.07, 6.45) is 6.02. The van der Waals surface area contributed by atoms with Crippen LogP contribution in [-0.4, -0.2) is 38.4 Å². The number of rotatable bonds is 5. The maximum atomic E-state index is 11.7. The first-order valence-electron chi connectivity index (χ1n) is 8.60. The van der Waals surface area contributed by atoms with Crippen molar-refractivity contribution in [1.82, 2.24) is 24.7 Å². The number of ether oxygens (including phenoxy) is 1. The normalized spacial score (nSPS) is 13.6. The van der Waals surface area contributed by atoms with E-state index in [-0.39, 0.29) is 10.6 Å². The molecule has 0 bridgehead atoms. The lowest BCUT2D eigenvalue weighted by Gasteiger charge is -2.29. The van der Waals surface area contributed by atoms with Crippen molar-refractivity contribution in [2.75, 3.05) is 18.6 Å². The van der Waals surface area contributed by atoms with Gasteiger partial charge in [-0.15, -0.1) is 0 Å². The number of aromatic amines is 1. The molecule has 27 heavy (non-hydrogen) atoms. The van der Waals surface area contributed by atoms with E-state index in [1.807, 2.05) is 17.3 Å². The van der Waals surface area contributed by atoms with Gasteiger partial charge in [-0.2, -0.15) is 5.10 Å². The molecule has 0 spiro atoms. The molecule has 1 N–H and O–H groups in total. The molecule has 0 aromatic carbocycles. The Morgan fingerprint density at radius 2 is 2.26 bits per heavy atom. The zero-order valence-electron chi connectivity index (χ0n) is 14.9. The number of aromatic nitrogens is 5. The van der Waals surface area contributed by atoms with Crippen molar-refractivity contribution in [2.24, 2.45) is 0 Å². The number of hydrogen-bond donors (Lipinski definition) is 1. The van der Waals surface area contributed by atoms with Crippen LogP contribution in [0.5, 0.6) is 0 Å². The summed E-state index contributed by atoms with van der Waals surface area (Å²) in [6, 6.07) is 3.99. The summed E-state index contributed by atoms with van der Waals surface area (Å²) in [7, 11) is 1.67. The van der Waals surface area contributed by atoms with Crippen molar-refractivity contribution in [3.63, 3.8) is 0 Å². The first-order valence-corrected chi connectivity index (χ1v) is 8.98. The van der Waals surface area contributed by atoms with Gasteiger partial charge in [0.15, 0.2) is 0 Å². The Labute approximate surface area is 160 Å². The molecular weight excluding hydrogens is 368 g/mol. The second kappa shape index (κ2) is 7.50. The van der Waals surface area contributed by atoms with Crippen LogP contribution >= 0.6 is 11.6 Å². The van der Waals surface area contributed by atoms with Crippen molar-refractivity contribution < 1.29 is 4.74 Å². The van der Waals surface area contributed by atoms with E-state index in [9.17, 15) is 4.79 Å². The van der Waals surface area contributed by atoms with E-state index in [4.69, 9.17) is 16.3 Å². The Morgan fingerprint density at radius 3 is 3.11 bits per heavy atom. The summed E-state index contributed by atoms with van der Waals surface area (Å²) in [5.74, 6) is 0. The summed E-state index contributed by atoms with van der Waals surface area (Å²) >= 11 is 6.14. The molecule has 1 aliphatic rings. The summed E-state index contributed by atoms with van der Waals surface area (Å²) in [5, 5.41) is 6.36. The van der Waals surface area contributed by atoms with Gasteiger partial charge in [-0.25, -0.2) is 10.1 Å². The van der Waals surface area contributed by atoms with Crippen LogP contribution < -0.4 is 10.5 Å². The molecule has 1 aliphatic heterocycles. The minimum absolute atomic E-state index is 0.160. The highest BCUT2D eigenvalue weighted by atomic mass is 35.5. The van der Waals surface area contributed by atoms with Gasteiger partial charge in [0.05, 0.1) is 49.3 Å². The molecule has 0 radical (unpaired) electrons. The van der Waals surface area contributed by atoms with Gasteiger partial charge in [0.25, 0.3) is 5.56 Å². The van der Waals surface area contributed by atoms with Crippen molar-refractivity contribution in [1.29, 1.82) is 0 Å². The lowest BCUT2D eigenvalue weighted by Crippen LogP contribution is -2.32. The van der Waals surface area contributed by atoms with Gasteiger partial charge in [0.1, 0.15) is 5.02 Å². The standard InChI is InChI=1S/C18H19ClN6O2/c1-27-10-14-12(3-2-5-20-14)8-25-11-21-13-9-24(6-4-15(13)25)16-7-22-23-18(26)17(16)19/h2-3,5,7,11H,4,6,8-10H2,1H3,(H,23,26). The zero-order valence-corrected chi connectivity index (χ0v) is 15.6. The number of anilines is 1. The molecule has 0 saturated carbocycles. The van der Waals surface area contributed by atoms with Crippen LogP contribution in [0.15, 0.2) is 35.6 Å². The highest BCUT2D eigenvalue weighted by molar-refractivity contribution is 6.32. The molecular formula is C18H19ClN6O2. The van der Waals surface area contributed by atoms with Gasteiger partial charge < -0.3 is 14.2 Å². The Morgan fingerprint density at radius 1 is 1.37 bits per heavy atom. The average Bonchev–Trinajstić information content (AvgIpc) is 3.08. The number of H-pyrrole nitrogens is 1. The predicted octanol–water partition coefficient (Wildman–Crippen LogP) is 1.77. The third-order valence-corrected chi connectivity index (χ3v) is 5.08. The number of imidazole rings is 1. The Hall–Kier alpha value is -2.71. The van der Waals surface area contributed by atoms with Gasteiger partial charge in [-0.1, -0.05) is 17.7 Å². The molecule has 0 unspecified atom stereocenters. The van der Waals surface area contributed by atoms with E-state index in [1.165, 1.54) is 5.69 Å². The van der Waals surface area contributed by atoms with Crippen molar-refractivity contribution >= 4 is 17.3 Å². The summed E-state index contributed by atoms with van der Waals surface area (Å²) < 4.78 is 7.40. The number of nitrogens with zero attached hydrogens (tertiary/aromatic N) is 5. The van der Waals surface area contributed by atoms with Crippen LogP contribution in [0.25, 0.3) is 0 Å². The minimum Gasteiger partial charge on any atom is -0.378 e. The predicted molar refractivity (Wildman–Crippen MR) is 101 cm³/mol. The Bertz CT molecular complexity index is 1020. The molecule has 0 aliphatic carbocycles. The first kappa shape index (κ1) is 17.7. The number of halogens is 1. The maximum Gasteiger partial charge on any atom is 0.285 e. The third kappa shape index (κ3) is 3.45. The maximum absolute atomic E-state index is 11.7. The second-order valence-corrected chi connectivity index (χ2v) is 6.76. The highest BCUT2D eigenvalue weighted by Crippen LogP contribution is 2.27. The molecule has 8 nitrogen and oxygen atoms in total. The summed E-state index contributed by atoms with van der Waals surface area (Å²) in [4.78, 5) is 22.7. The van der Waals surface area contributed by atoms with E-state index >= 15 is 0 Å². The molecule has 4 rings (SSSR count). The summed E-state index contributed by atoms with van der Waals surface area (Å²) in [6.45, 7) is 2.50. The molecule has 0 amide bonds. The molecule has 3 aromatic rings. The Kier molecular flexibility index (Phi) is 4.91. The number of hydrogen-bond acceptors (Lipinski definition) is 6. The van der Waals surface area contributed by atoms with Gasteiger partial charge >= 0.3 is 0 Å². The van der Waals surface area contributed by atoms with Gasteiger partial charge in [-0.05, 0) is 11.6 Å². The fraction of sp³-hybridized carbons (Fsp3) is 0.333. The number of pyridine rings is 1. The van der Waals surface area contributed by atoms with Crippen LogP contribution in [0.1, 0.15) is 22.6 Å². The molecule has 4 heterocycles. The van der Waals surface area contributed by atoms with Gasteiger partial charge in [0, 0.05) is 32.0 Å². The first-order chi connectivity index (χ1) is 13.2. The topological polar surface area (TPSA) is 88.9 Å². The molecule has 0 saturated heterocycles. The third-order valence-electron chi connectivity index (χ3n) is 4.72. The lowest BCUT2D eigenvalue weighted by molar-refractivity contribution is 0.180. The van der Waals surface area contributed by atoms with Crippen LogP contribution in [-0.2, 0) is 30.9 Å². The molecule has 3 aromatic heterocycles. The quantitative estimate of drug-likeness (QED) is 0.719. The molecule has 9 heteroatoms. The van der Waals surface area contributed by atoms with E-state index < -0.39 is 0 Å². The highest BCUT2D eigenvalue weighted by Gasteiger charge is 2.24. The number of fused-ring (bicyclic) bond motifs is 1. The smallest absolute Gasteiger partial charge is 0.285 e. The van der Waals surface area contributed by atoms with Gasteiger partial charge in [0.2, 0.25) is 0 Å². The van der Waals surface area contributed by atoms with E-state index in [2.05, 4.69) is 30.8 Å². The summed E-state index contributed by atoms with van der Waals surface area (Å²) in [5.41, 5.74) is 4.47. The van der Waals surface area contributed by atoms with Crippen LogP contribution in [0.3, 0.4) is 0 Å². The number of methoxy groups -OCH3 is 1. The van der Waals surface area contributed by atoms with Crippen LogP contribution in [0.2, 0.25) is 5.02 Å². The van der Waals surface area contributed by atoms with Crippen molar-refractivity contribution in [3.8, 4) is 0 Å². The van der Waals surface area contributed by atoms with E-state index in [0.717, 1.165) is 29.9 Å². The second-order valence-electron chi connectivity index (χ2n) is 6.38. The SMILES string of the molecule is COCc1ncccc1Cn1cnc2c1CCN(c1cn[nH]c(=O)c1Cl)C2. The molecule has 0 fully saturated rings. The molecule has 140 valence electrons. The zero-order chi connectivity index (χ0) is 18.8. The van der Waals surface area contributed by atoms with Crippen LogP contribution in [0, 0.1) is 0 Å². The molecule has 0 atom stereocenters.